The maximum Gasteiger partial charge on any atom is 0.324 e. The van der Waals surface area contributed by atoms with Gasteiger partial charge in [0.2, 0.25) is 0 Å². The molecule has 172 valence electrons. The molecular weight excluding hydrogens is 416 g/mol. The first-order valence-corrected chi connectivity index (χ1v) is 12.2. The highest BCUT2D eigenvalue weighted by Gasteiger charge is 2.27. The Labute approximate surface area is 197 Å². The molecule has 2 aromatic carbocycles. The number of nitrogens with one attached hydrogen (secondary N) is 2. The van der Waals surface area contributed by atoms with Crippen LogP contribution in [0.15, 0.2) is 64.7 Å². The predicted octanol–water partition coefficient (Wildman–Crippen LogP) is 6.47. The zero-order chi connectivity index (χ0) is 23.3. The van der Waals surface area contributed by atoms with Gasteiger partial charge in [-0.3, -0.25) is 4.79 Å². The molecule has 0 amide bonds. The number of esters is 1. The van der Waals surface area contributed by atoms with Crippen molar-refractivity contribution in [3.63, 3.8) is 0 Å². The smallest absolute Gasteiger partial charge is 0.324 e. The molecule has 1 aliphatic carbocycles. The molecule has 32 heavy (non-hydrogen) atoms. The van der Waals surface area contributed by atoms with Crippen molar-refractivity contribution in [2.75, 3.05) is 0 Å². The van der Waals surface area contributed by atoms with Crippen LogP contribution in [0.3, 0.4) is 0 Å². The number of hydrogen-bond donors (Lipinski definition) is 2. The van der Waals surface area contributed by atoms with Crippen molar-refractivity contribution >= 4 is 17.9 Å². The fourth-order valence-electron chi connectivity index (χ4n) is 3.28. The minimum Gasteiger partial charge on any atom is -0.459 e. The highest BCUT2D eigenvalue weighted by atomic mass is 32.2. The second-order valence-corrected chi connectivity index (χ2v) is 10.7. The van der Waals surface area contributed by atoms with Crippen molar-refractivity contribution in [2.24, 2.45) is 5.92 Å². The van der Waals surface area contributed by atoms with Gasteiger partial charge in [0.25, 0.3) is 0 Å². The van der Waals surface area contributed by atoms with Crippen LogP contribution >= 0.6 is 11.9 Å². The Morgan fingerprint density at radius 2 is 1.56 bits per heavy atom. The third-order valence-corrected chi connectivity index (χ3v) is 6.24. The Balaban J connectivity index is 1.56. The number of hydrogen-bond acceptors (Lipinski definition) is 5. The van der Waals surface area contributed by atoms with Crippen LogP contribution < -0.4 is 10.0 Å². The molecule has 0 heterocycles. The molecule has 5 heteroatoms. The monoisotopic (exact) mass is 452 g/mol. The molecule has 2 aromatic rings. The van der Waals surface area contributed by atoms with Crippen LogP contribution in [0, 0.1) is 5.92 Å². The second-order valence-electron chi connectivity index (χ2n) is 9.78. The molecular formula is C27H36N2O2S. The molecule has 1 atom stereocenters. The van der Waals surface area contributed by atoms with Gasteiger partial charge in [-0.25, -0.2) is 4.72 Å². The van der Waals surface area contributed by atoms with E-state index in [9.17, 15) is 4.79 Å². The zero-order valence-corrected chi connectivity index (χ0v) is 20.9. The number of benzene rings is 2. The summed E-state index contributed by atoms with van der Waals surface area (Å²) in [6.45, 7) is 12.8. The van der Waals surface area contributed by atoms with Gasteiger partial charge in [0, 0.05) is 17.1 Å². The Hall–Kier alpha value is -2.24. The normalized spacial score (nSPS) is 14.3. The molecule has 0 aromatic heterocycles. The molecule has 1 aliphatic rings. The van der Waals surface area contributed by atoms with E-state index in [1.165, 1.54) is 47.2 Å². The van der Waals surface area contributed by atoms with Crippen LogP contribution in [0.4, 0.5) is 0 Å². The van der Waals surface area contributed by atoms with Gasteiger partial charge in [-0.1, -0.05) is 55.8 Å². The standard InChI is InChI=1S/C27H36N2O2S/c1-18(2)25(26(30)31-27(4,5)6)29-32-24-15-13-23(14-16-24)22-9-7-20(8-10-22)17-28-19(3)21-11-12-21/h7-10,13-16,18,25,28-29H,11-12,17H2,1-6H3. The van der Waals surface area contributed by atoms with Crippen molar-refractivity contribution in [2.45, 2.75) is 77.5 Å². The average molecular weight is 453 g/mol. The van der Waals surface area contributed by atoms with Gasteiger partial charge in [-0.2, -0.15) is 0 Å². The number of carbonyl (C=O) groups is 1. The molecule has 1 saturated carbocycles. The van der Waals surface area contributed by atoms with E-state index in [-0.39, 0.29) is 17.9 Å². The molecule has 0 aliphatic heterocycles. The highest BCUT2D eigenvalue weighted by Crippen LogP contribution is 2.30. The van der Waals surface area contributed by atoms with Crippen molar-refractivity contribution < 1.29 is 9.53 Å². The van der Waals surface area contributed by atoms with Gasteiger partial charge < -0.3 is 10.1 Å². The van der Waals surface area contributed by atoms with E-state index >= 15 is 0 Å². The van der Waals surface area contributed by atoms with Gasteiger partial charge >= 0.3 is 5.97 Å². The van der Waals surface area contributed by atoms with E-state index in [1.54, 1.807) is 5.57 Å². The molecule has 0 radical (unpaired) electrons. The van der Waals surface area contributed by atoms with E-state index in [0.29, 0.717) is 0 Å². The Kier molecular flexibility index (Phi) is 8.07. The van der Waals surface area contributed by atoms with Crippen molar-refractivity contribution in [3.8, 4) is 11.1 Å². The third-order valence-electron chi connectivity index (χ3n) is 5.36. The molecule has 1 unspecified atom stereocenters. The third kappa shape index (κ3) is 7.42. The maximum atomic E-state index is 12.5. The lowest BCUT2D eigenvalue weighted by Crippen LogP contribution is -2.41. The lowest BCUT2D eigenvalue weighted by molar-refractivity contribution is -0.158. The van der Waals surface area contributed by atoms with E-state index < -0.39 is 5.60 Å². The first-order valence-electron chi connectivity index (χ1n) is 11.4. The van der Waals surface area contributed by atoms with Crippen LogP contribution in [0.5, 0.6) is 0 Å². The van der Waals surface area contributed by atoms with Gasteiger partial charge in [-0.15, -0.1) is 0 Å². The molecule has 0 bridgehead atoms. The summed E-state index contributed by atoms with van der Waals surface area (Å²) in [5.41, 5.74) is 6.06. The first kappa shape index (κ1) is 24.4. The van der Waals surface area contributed by atoms with Gasteiger partial charge in [0.15, 0.2) is 0 Å². The minimum atomic E-state index is -0.489. The summed E-state index contributed by atoms with van der Waals surface area (Å²) in [5.74, 6) is -0.0800. The second kappa shape index (κ2) is 10.6. The van der Waals surface area contributed by atoms with Crippen molar-refractivity contribution in [3.05, 3.63) is 65.4 Å². The van der Waals surface area contributed by atoms with E-state index in [2.05, 4.69) is 65.5 Å². The molecule has 4 nitrogen and oxygen atoms in total. The molecule has 0 spiro atoms. The van der Waals surface area contributed by atoms with Crippen LogP contribution in [0.25, 0.3) is 11.1 Å². The molecule has 0 saturated heterocycles. The van der Waals surface area contributed by atoms with Crippen molar-refractivity contribution in [1.82, 2.24) is 10.0 Å². The van der Waals surface area contributed by atoms with Crippen molar-refractivity contribution in [1.29, 1.82) is 0 Å². The quantitative estimate of drug-likeness (QED) is 0.337. The fraction of sp³-hybridized carbons (Fsp3) is 0.444. The molecule has 2 N–H and O–H groups in total. The largest absolute Gasteiger partial charge is 0.459 e. The molecule has 3 rings (SSSR count). The summed E-state index contributed by atoms with van der Waals surface area (Å²) >= 11 is 1.47. The van der Waals surface area contributed by atoms with Crippen LogP contribution in [-0.2, 0) is 16.1 Å². The average Bonchev–Trinajstić information content (AvgIpc) is 3.57. The first-order chi connectivity index (χ1) is 15.1. The summed E-state index contributed by atoms with van der Waals surface area (Å²) in [5, 5.41) is 3.52. The Morgan fingerprint density at radius 1 is 1.00 bits per heavy atom. The van der Waals surface area contributed by atoms with Crippen LogP contribution in [0.1, 0.15) is 59.9 Å². The van der Waals surface area contributed by atoms with E-state index in [1.807, 2.05) is 34.6 Å². The summed E-state index contributed by atoms with van der Waals surface area (Å²) in [4.78, 5) is 13.6. The summed E-state index contributed by atoms with van der Waals surface area (Å²) < 4.78 is 8.85. The van der Waals surface area contributed by atoms with Crippen LogP contribution in [0.2, 0.25) is 0 Å². The number of carbonyl (C=O) groups excluding carboxylic acids is 1. The maximum absolute atomic E-state index is 12.5. The van der Waals surface area contributed by atoms with Gasteiger partial charge in [-0.05, 0) is 87.2 Å². The summed E-state index contributed by atoms with van der Waals surface area (Å²) in [6.07, 6.45) is 2.50. The number of ether oxygens (including phenoxy) is 1. The summed E-state index contributed by atoms with van der Waals surface area (Å²) in [6, 6.07) is 16.8. The topological polar surface area (TPSA) is 50.4 Å². The van der Waals surface area contributed by atoms with Crippen LogP contribution in [-0.4, -0.2) is 17.6 Å². The van der Waals surface area contributed by atoms with E-state index in [4.69, 9.17) is 4.74 Å². The highest BCUT2D eigenvalue weighted by molar-refractivity contribution is 7.97. The Bertz CT molecular complexity index is 935. The lowest BCUT2D eigenvalue weighted by atomic mass is 10.0. The number of allylic oxidation sites excluding steroid dienone is 2. The van der Waals surface area contributed by atoms with Gasteiger partial charge in [0.05, 0.1) is 0 Å². The SMILES string of the molecule is CC(NCc1ccc(-c2ccc(SNC(C(=O)OC(C)(C)C)C(C)C)cc2)cc1)=C1CC1. The minimum absolute atomic E-state index is 0.133. The van der Waals surface area contributed by atoms with Gasteiger partial charge in [0.1, 0.15) is 11.6 Å². The molecule has 1 fully saturated rings. The Morgan fingerprint density at radius 3 is 2.06 bits per heavy atom. The fourth-order valence-corrected chi connectivity index (χ4v) is 4.18. The van der Waals surface area contributed by atoms with E-state index in [0.717, 1.165) is 11.4 Å². The zero-order valence-electron chi connectivity index (χ0n) is 20.1. The predicted molar refractivity (Wildman–Crippen MR) is 134 cm³/mol. The number of rotatable bonds is 9. The summed E-state index contributed by atoms with van der Waals surface area (Å²) in [7, 11) is 0. The lowest BCUT2D eigenvalue weighted by Gasteiger charge is -2.26.